The van der Waals surface area contributed by atoms with E-state index in [-0.39, 0.29) is 49.1 Å². The van der Waals surface area contributed by atoms with Gasteiger partial charge >= 0.3 is 11.9 Å². The number of aliphatic hydroxyl groups excluding tert-OH is 2. The maximum atomic E-state index is 11.2. The van der Waals surface area contributed by atoms with Crippen molar-refractivity contribution in [3.8, 4) is 0 Å². The molecule has 0 fully saturated rings. The van der Waals surface area contributed by atoms with E-state index in [2.05, 4.69) is 30.5 Å². The Hall–Kier alpha value is -4.49. The first-order chi connectivity index (χ1) is 16.8. The number of rotatable bonds is 11. The maximum absolute atomic E-state index is 11.2. The summed E-state index contributed by atoms with van der Waals surface area (Å²) in [4.78, 5) is 36.9. The van der Waals surface area contributed by atoms with Crippen molar-refractivity contribution in [1.29, 1.82) is 0 Å². The van der Waals surface area contributed by atoms with E-state index in [1.165, 1.54) is 12.1 Å². The van der Waals surface area contributed by atoms with Gasteiger partial charge in [0.2, 0.25) is 11.9 Å². The van der Waals surface area contributed by atoms with Gasteiger partial charge in [0, 0.05) is 18.8 Å². The first kappa shape index (κ1) is 25.1. The molecule has 0 atom stereocenters. The Bertz CT molecular complexity index is 1200. The summed E-state index contributed by atoms with van der Waals surface area (Å²) in [6.45, 7) is 1.97. The van der Waals surface area contributed by atoms with Crippen LogP contribution in [0.15, 0.2) is 52.7 Å². The van der Waals surface area contributed by atoms with Gasteiger partial charge in [-0.05, 0) is 49.4 Å². The Morgan fingerprint density at radius 2 is 1.43 bits per heavy atom. The van der Waals surface area contributed by atoms with E-state index < -0.39 is 11.9 Å². The normalized spacial score (nSPS) is 10.9. The molecule has 3 rings (SSSR count). The van der Waals surface area contributed by atoms with Crippen LogP contribution in [0.4, 0.5) is 29.0 Å². The molecular weight excluding hydrogens is 458 g/mol. The Balaban J connectivity index is 1.76. The lowest BCUT2D eigenvalue weighted by Gasteiger charge is -2.21. The van der Waals surface area contributed by atoms with Crippen LogP contribution in [0.5, 0.6) is 0 Å². The molecule has 0 spiro atoms. The van der Waals surface area contributed by atoms with E-state index in [0.717, 1.165) is 6.07 Å². The zero-order valence-corrected chi connectivity index (χ0v) is 18.7. The van der Waals surface area contributed by atoms with Gasteiger partial charge in [0.1, 0.15) is 5.82 Å². The zero-order chi connectivity index (χ0) is 25.4. The van der Waals surface area contributed by atoms with Crippen LogP contribution in [0.2, 0.25) is 0 Å². The molecule has 1 aromatic heterocycles. The third kappa shape index (κ3) is 6.99. The number of hydrogen-bond acceptors (Lipinski definition) is 11. The van der Waals surface area contributed by atoms with E-state index in [9.17, 15) is 19.8 Å². The van der Waals surface area contributed by atoms with Crippen molar-refractivity contribution in [2.75, 3.05) is 36.5 Å². The average molecular weight is 481 g/mol. The number of aryl methyl sites for hydroxylation is 1. The van der Waals surface area contributed by atoms with Crippen molar-refractivity contribution < 1.29 is 30.0 Å². The van der Waals surface area contributed by atoms with E-state index in [4.69, 9.17) is 10.2 Å². The second-order valence-corrected chi connectivity index (χ2v) is 7.19. The van der Waals surface area contributed by atoms with Crippen LogP contribution >= 0.6 is 0 Å². The van der Waals surface area contributed by atoms with Crippen molar-refractivity contribution in [2.45, 2.75) is 6.92 Å². The topological polar surface area (TPSA) is 194 Å². The van der Waals surface area contributed by atoms with Gasteiger partial charge < -0.3 is 30.6 Å². The SMILES string of the molecule is Cc1nc(Nc2ccc(N=Nc3cc(C(=O)O)cc(C(=O)O)c3)cc2)nc(N(CCO)CCO)n1. The predicted molar refractivity (Wildman–Crippen MR) is 125 cm³/mol. The number of anilines is 3. The average Bonchev–Trinajstić information content (AvgIpc) is 2.83. The number of nitrogens with one attached hydrogen (secondary N) is 1. The molecule has 182 valence electrons. The van der Waals surface area contributed by atoms with Crippen LogP contribution in [0.1, 0.15) is 26.5 Å². The van der Waals surface area contributed by atoms with Crippen LogP contribution in [0, 0.1) is 6.92 Å². The fraction of sp³-hybridized carbons (Fsp3) is 0.227. The van der Waals surface area contributed by atoms with Crippen LogP contribution < -0.4 is 10.2 Å². The van der Waals surface area contributed by atoms with Gasteiger partial charge in [0.05, 0.1) is 35.7 Å². The number of nitrogens with zero attached hydrogens (tertiary/aromatic N) is 6. The van der Waals surface area contributed by atoms with Gasteiger partial charge in [-0.1, -0.05) is 0 Å². The van der Waals surface area contributed by atoms with Crippen molar-refractivity contribution >= 4 is 40.9 Å². The predicted octanol–water partition coefficient (Wildman–Crippen LogP) is 2.53. The fourth-order valence-electron chi connectivity index (χ4n) is 2.99. The summed E-state index contributed by atoms with van der Waals surface area (Å²) in [6, 6.07) is 10.2. The summed E-state index contributed by atoms with van der Waals surface area (Å²) in [5.74, 6) is -1.50. The standard InChI is InChI=1S/C22H23N7O6/c1-13-23-21(26-22(24-13)29(6-8-30)7-9-31)25-16-2-4-17(5-3-16)27-28-18-11-14(19(32)33)10-15(12-18)20(34)35/h2-5,10-12,30-31H,6-9H2,1H3,(H,32,33)(H,34,35)(H,23,24,25,26). The van der Waals surface area contributed by atoms with Crippen LogP contribution in [-0.2, 0) is 0 Å². The van der Waals surface area contributed by atoms with Crippen LogP contribution in [0.3, 0.4) is 0 Å². The molecule has 0 saturated heterocycles. The molecule has 0 amide bonds. The molecule has 0 aliphatic rings. The number of aliphatic hydroxyl groups is 2. The minimum Gasteiger partial charge on any atom is -0.478 e. The molecule has 1 heterocycles. The fourth-order valence-corrected chi connectivity index (χ4v) is 2.99. The number of carbonyl (C=O) groups is 2. The van der Waals surface area contributed by atoms with E-state index in [1.54, 1.807) is 36.1 Å². The Kier molecular flexibility index (Phi) is 8.32. The third-order valence-electron chi connectivity index (χ3n) is 4.57. The molecule has 13 nitrogen and oxygen atoms in total. The molecule has 13 heteroatoms. The summed E-state index contributed by atoms with van der Waals surface area (Å²) in [5, 5.41) is 47.8. The van der Waals surface area contributed by atoms with E-state index in [0.29, 0.717) is 23.1 Å². The molecule has 0 radical (unpaired) electrons. The summed E-state index contributed by atoms with van der Waals surface area (Å²) >= 11 is 0. The highest BCUT2D eigenvalue weighted by atomic mass is 16.4. The summed E-state index contributed by atoms with van der Waals surface area (Å²) in [5.41, 5.74) is 0.757. The molecule has 35 heavy (non-hydrogen) atoms. The second-order valence-electron chi connectivity index (χ2n) is 7.19. The first-order valence-electron chi connectivity index (χ1n) is 10.4. The molecule has 3 aromatic rings. The zero-order valence-electron chi connectivity index (χ0n) is 18.7. The second kappa shape index (κ2) is 11.6. The highest BCUT2D eigenvalue weighted by Gasteiger charge is 2.13. The van der Waals surface area contributed by atoms with Gasteiger partial charge in [-0.3, -0.25) is 0 Å². The number of hydrogen-bond donors (Lipinski definition) is 5. The van der Waals surface area contributed by atoms with Gasteiger partial charge in [0.15, 0.2) is 0 Å². The largest absolute Gasteiger partial charge is 0.478 e. The van der Waals surface area contributed by atoms with Crippen molar-refractivity contribution in [3.63, 3.8) is 0 Å². The molecule has 0 saturated carbocycles. The highest BCUT2D eigenvalue weighted by Crippen LogP contribution is 2.24. The van der Waals surface area contributed by atoms with Crippen LogP contribution in [0.25, 0.3) is 0 Å². The Morgan fingerprint density at radius 1 is 0.857 bits per heavy atom. The number of carboxylic acid groups (broad SMARTS) is 2. The molecule has 0 aliphatic carbocycles. The number of benzene rings is 2. The number of aromatic carboxylic acids is 2. The molecule has 2 aromatic carbocycles. The van der Waals surface area contributed by atoms with E-state index in [1.807, 2.05) is 0 Å². The maximum Gasteiger partial charge on any atom is 0.335 e. The number of azo groups is 1. The molecular formula is C22H23N7O6. The van der Waals surface area contributed by atoms with Gasteiger partial charge in [-0.2, -0.15) is 25.2 Å². The monoisotopic (exact) mass is 481 g/mol. The van der Waals surface area contributed by atoms with Crippen molar-refractivity contribution in [3.05, 3.63) is 59.4 Å². The number of aromatic nitrogens is 3. The van der Waals surface area contributed by atoms with Gasteiger partial charge in [-0.15, -0.1) is 0 Å². The lowest BCUT2D eigenvalue weighted by atomic mass is 10.1. The molecule has 0 bridgehead atoms. The first-order valence-corrected chi connectivity index (χ1v) is 10.4. The van der Waals surface area contributed by atoms with Crippen molar-refractivity contribution in [1.82, 2.24) is 15.0 Å². The molecule has 0 unspecified atom stereocenters. The summed E-state index contributed by atoms with van der Waals surface area (Å²) < 4.78 is 0. The van der Waals surface area contributed by atoms with Crippen LogP contribution in [-0.4, -0.2) is 73.6 Å². The van der Waals surface area contributed by atoms with Gasteiger partial charge in [0.25, 0.3) is 0 Å². The van der Waals surface area contributed by atoms with E-state index >= 15 is 0 Å². The minimum atomic E-state index is -1.27. The summed E-state index contributed by atoms with van der Waals surface area (Å²) in [7, 11) is 0. The molecule has 0 aliphatic heterocycles. The Morgan fingerprint density at radius 3 is 1.97 bits per heavy atom. The van der Waals surface area contributed by atoms with Gasteiger partial charge in [-0.25, -0.2) is 9.59 Å². The smallest absolute Gasteiger partial charge is 0.335 e. The Labute approximate surface area is 199 Å². The summed E-state index contributed by atoms with van der Waals surface area (Å²) in [6.07, 6.45) is 0. The third-order valence-corrected chi connectivity index (χ3v) is 4.57. The van der Waals surface area contributed by atoms with Crippen molar-refractivity contribution in [2.24, 2.45) is 10.2 Å². The minimum absolute atomic E-state index is 0.0907. The molecule has 5 N–H and O–H groups in total. The lowest BCUT2D eigenvalue weighted by molar-refractivity contribution is 0.0696. The quantitative estimate of drug-likeness (QED) is 0.253. The number of carboxylic acids is 2. The highest BCUT2D eigenvalue weighted by molar-refractivity contribution is 5.95. The lowest BCUT2D eigenvalue weighted by Crippen LogP contribution is -2.31.